The van der Waals surface area contributed by atoms with E-state index < -0.39 is 10.0 Å². The molecular formula is C20H22N2O4S. The predicted octanol–water partition coefficient (Wildman–Crippen LogP) is 2.24. The number of nitrogens with zero attached hydrogens (tertiary/aromatic N) is 2. The Kier molecular flexibility index (Phi) is 5.93. The molecule has 0 unspecified atom stereocenters. The number of benzene rings is 2. The van der Waals surface area contributed by atoms with Crippen LogP contribution >= 0.6 is 0 Å². The maximum absolute atomic E-state index is 12.7. The Balaban J connectivity index is 1.60. The highest BCUT2D eigenvalue weighted by atomic mass is 32.2. The summed E-state index contributed by atoms with van der Waals surface area (Å²) < 4.78 is 32.0. The fourth-order valence-corrected chi connectivity index (χ4v) is 4.30. The minimum atomic E-state index is -3.57. The van der Waals surface area contributed by atoms with E-state index in [1.165, 1.54) is 29.6 Å². The Morgan fingerprint density at radius 2 is 1.59 bits per heavy atom. The van der Waals surface area contributed by atoms with Crippen molar-refractivity contribution in [2.75, 3.05) is 33.3 Å². The van der Waals surface area contributed by atoms with Crippen LogP contribution in [0.15, 0.2) is 65.6 Å². The SMILES string of the molecule is COc1ccc(S(=O)(=O)N2CCN(C(=O)C=Cc3ccccc3)CC2)cc1. The monoisotopic (exact) mass is 386 g/mol. The van der Waals surface area contributed by atoms with Crippen molar-refractivity contribution in [3.8, 4) is 5.75 Å². The smallest absolute Gasteiger partial charge is 0.246 e. The second-order valence-electron chi connectivity index (χ2n) is 6.15. The Morgan fingerprint density at radius 3 is 2.19 bits per heavy atom. The van der Waals surface area contributed by atoms with E-state index >= 15 is 0 Å². The van der Waals surface area contributed by atoms with E-state index in [2.05, 4.69) is 0 Å². The molecule has 0 atom stereocenters. The van der Waals surface area contributed by atoms with Crippen LogP contribution in [0.2, 0.25) is 0 Å². The second-order valence-corrected chi connectivity index (χ2v) is 8.09. The molecule has 0 radical (unpaired) electrons. The normalized spacial score (nSPS) is 15.8. The molecule has 1 heterocycles. The van der Waals surface area contributed by atoms with Gasteiger partial charge in [0.25, 0.3) is 0 Å². The number of piperazine rings is 1. The van der Waals surface area contributed by atoms with Gasteiger partial charge in [-0.15, -0.1) is 0 Å². The summed E-state index contributed by atoms with van der Waals surface area (Å²) >= 11 is 0. The number of hydrogen-bond donors (Lipinski definition) is 0. The largest absolute Gasteiger partial charge is 0.497 e. The van der Waals surface area contributed by atoms with Gasteiger partial charge < -0.3 is 9.64 Å². The van der Waals surface area contributed by atoms with Crippen LogP contribution < -0.4 is 4.74 Å². The van der Waals surface area contributed by atoms with Crippen molar-refractivity contribution >= 4 is 22.0 Å². The lowest BCUT2D eigenvalue weighted by Crippen LogP contribution is -2.50. The first kappa shape index (κ1) is 19.1. The summed E-state index contributed by atoms with van der Waals surface area (Å²) in [6.07, 6.45) is 3.30. The molecular weight excluding hydrogens is 364 g/mol. The van der Waals surface area contributed by atoms with E-state index in [9.17, 15) is 13.2 Å². The number of hydrogen-bond acceptors (Lipinski definition) is 4. The highest BCUT2D eigenvalue weighted by Gasteiger charge is 2.29. The molecule has 1 fully saturated rings. The molecule has 7 heteroatoms. The van der Waals surface area contributed by atoms with Gasteiger partial charge in [-0.1, -0.05) is 30.3 Å². The van der Waals surface area contributed by atoms with Crippen LogP contribution in [0.3, 0.4) is 0 Å². The van der Waals surface area contributed by atoms with Gasteiger partial charge in [0.05, 0.1) is 12.0 Å². The average Bonchev–Trinajstić information content (AvgIpc) is 2.73. The first-order valence-electron chi connectivity index (χ1n) is 8.67. The van der Waals surface area contributed by atoms with Gasteiger partial charge in [0.1, 0.15) is 5.75 Å². The maximum atomic E-state index is 12.7. The molecule has 0 bridgehead atoms. The standard InChI is InChI=1S/C20H22N2O4S/c1-26-18-8-10-19(11-9-18)27(24,25)22-15-13-21(14-16-22)20(23)12-7-17-5-3-2-4-6-17/h2-12H,13-16H2,1H3. The van der Waals surface area contributed by atoms with Crippen LogP contribution in [-0.2, 0) is 14.8 Å². The molecule has 27 heavy (non-hydrogen) atoms. The molecule has 2 aromatic carbocycles. The number of sulfonamides is 1. The molecule has 3 rings (SSSR count). The van der Waals surface area contributed by atoms with Gasteiger partial charge in [0.2, 0.25) is 15.9 Å². The van der Waals surface area contributed by atoms with E-state index in [4.69, 9.17) is 4.74 Å². The zero-order chi connectivity index (χ0) is 19.3. The summed E-state index contributed by atoms with van der Waals surface area (Å²) in [6, 6.07) is 15.9. The minimum absolute atomic E-state index is 0.111. The number of carbonyl (C=O) groups excluding carboxylic acids is 1. The fraction of sp³-hybridized carbons (Fsp3) is 0.250. The molecule has 0 aromatic heterocycles. The number of amides is 1. The van der Waals surface area contributed by atoms with Gasteiger partial charge in [0.15, 0.2) is 0 Å². The lowest BCUT2D eigenvalue weighted by atomic mass is 10.2. The molecule has 1 saturated heterocycles. The molecule has 1 aliphatic heterocycles. The third-order valence-corrected chi connectivity index (χ3v) is 6.38. The van der Waals surface area contributed by atoms with E-state index in [1.807, 2.05) is 30.3 Å². The van der Waals surface area contributed by atoms with Gasteiger partial charge in [-0.25, -0.2) is 8.42 Å². The molecule has 2 aromatic rings. The third kappa shape index (κ3) is 4.56. The minimum Gasteiger partial charge on any atom is -0.497 e. The van der Waals surface area contributed by atoms with Crippen molar-refractivity contribution in [2.45, 2.75) is 4.90 Å². The summed E-state index contributed by atoms with van der Waals surface area (Å²) in [5, 5.41) is 0. The van der Waals surface area contributed by atoms with Gasteiger partial charge in [0, 0.05) is 32.3 Å². The highest BCUT2D eigenvalue weighted by molar-refractivity contribution is 7.89. The zero-order valence-corrected chi connectivity index (χ0v) is 15.9. The maximum Gasteiger partial charge on any atom is 0.246 e. The van der Waals surface area contributed by atoms with Gasteiger partial charge in [-0.3, -0.25) is 4.79 Å². The molecule has 6 nitrogen and oxygen atoms in total. The van der Waals surface area contributed by atoms with Crippen molar-refractivity contribution < 1.29 is 17.9 Å². The molecule has 0 saturated carbocycles. The summed E-state index contributed by atoms with van der Waals surface area (Å²) in [5.74, 6) is 0.495. The van der Waals surface area contributed by atoms with Crippen LogP contribution in [0.1, 0.15) is 5.56 Å². The van der Waals surface area contributed by atoms with Crippen LogP contribution in [0.4, 0.5) is 0 Å². The van der Waals surface area contributed by atoms with E-state index in [0.717, 1.165) is 5.56 Å². The molecule has 142 valence electrons. The number of rotatable bonds is 5. The summed E-state index contributed by atoms with van der Waals surface area (Å²) in [7, 11) is -2.04. The van der Waals surface area contributed by atoms with Crippen LogP contribution in [-0.4, -0.2) is 56.8 Å². The highest BCUT2D eigenvalue weighted by Crippen LogP contribution is 2.20. The number of ether oxygens (including phenoxy) is 1. The molecule has 1 aliphatic rings. The van der Waals surface area contributed by atoms with E-state index in [0.29, 0.717) is 18.8 Å². The third-order valence-electron chi connectivity index (χ3n) is 4.47. The van der Waals surface area contributed by atoms with Crippen molar-refractivity contribution in [2.24, 2.45) is 0 Å². The Hall–Kier alpha value is -2.64. The summed E-state index contributed by atoms with van der Waals surface area (Å²) in [5.41, 5.74) is 0.951. The molecule has 0 aliphatic carbocycles. The Morgan fingerprint density at radius 1 is 0.963 bits per heavy atom. The van der Waals surface area contributed by atoms with Gasteiger partial charge >= 0.3 is 0 Å². The van der Waals surface area contributed by atoms with Crippen LogP contribution in [0.25, 0.3) is 6.08 Å². The first-order chi connectivity index (χ1) is 13.0. The Bertz CT molecular complexity index is 901. The number of carbonyl (C=O) groups is 1. The lowest BCUT2D eigenvalue weighted by molar-refractivity contribution is -0.127. The Labute approximate surface area is 159 Å². The first-order valence-corrected chi connectivity index (χ1v) is 10.1. The average molecular weight is 386 g/mol. The summed E-state index contributed by atoms with van der Waals surface area (Å²) in [4.78, 5) is 14.2. The fourth-order valence-electron chi connectivity index (χ4n) is 2.88. The molecule has 0 spiro atoms. The van der Waals surface area contributed by atoms with Crippen molar-refractivity contribution in [1.82, 2.24) is 9.21 Å². The summed E-state index contributed by atoms with van der Waals surface area (Å²) in [6.45, 7) is 1.29. The van der Waals surface area contributed by atoms with Crippen molar-refractivity contribution in [3.63, 3.8) is 0 Å². The van der Waals surface area contributed by atoms with Gasteiger partial charge in [-0.05, 0) is 35.9 Å². The lowest BCUT2D eigenvalue weighted by Gasteiger charge is -2.33. The quantitative estimate of drug-likeness (QED) is 0.739. The second kappa shape index (κ2) is 8.37. The zero-order valence-electron chi connectivity index (χ0n) is 15.1. The number of methoxy groups -OCH3 is 1. The molecule has 0 N–H and O–H groups in total. The van der Waals surface area contributed by atoms with Crippen molar-refractivity contribution in [1.29, 1.82) is 0 Å². The predicted molar refractivity (Wildman–Crippen MR) is 104 cm³/mol. The van der Waals surface area contributed by atoms with Gasteiger partial charge in [-0.2, -0.15) is 4.31 Å². The van der Waals surface area contributed by atoms with E-state index in [-0.39, 0.29) is 23.9 Å². The topological polar surface area (TPSA) is 66.9 Å². The van der Waals surface area contributed by atoms with E-state index in [1.54, 1.807) is 23.1 Å². The van der Waals surface area contributed by atoms with Crippen molar-refractivity contribution in [3.05, 3.63) is 66.2 Å². The molecule has 1 amide bonds. The van der Waals surface area contributed by atoms with Crippen LogP contribution in [0.5, 0.6) is 5.75 Å². The van der Waals surface area contributed by atoms with Crippen LogP contribution in [0, 0.1) is 0 Å².